The van der Waals surface area contributed by atoms with E-state index in [4.69, 9.17) is 11.6 Å². The highest BCUT2D eigenvalue weighted by molar-refractivity contribution is 9.10. The topological polar surface area (TPSA) is 24.9 Å². The summed E-state index contributed by atoms with van der Waals surface area (Å²) in [5.41, 5.74) is 2.33. The van der Waals surface area contributed by atoms with Gasteiger partial charge in [0.2, 0.25) is 0 Å². The lowest BCUT2D eigenvalue weighted by molar-refractivity contribution is 0.517. The Kier molecular flexibility index (Phi) is 6.02. The van der Waals surface area contributed by atoms with Crippen LogP contribution in [0.1, 0.15) is 23.2 Å². The summed E-state index contributed by atoms with van der Waals surface area (Å²) < 4.78 is 1.02. The van der Waals surface area contributed by atoms with Crippen LogP contribution in [0.3, 0.4) is 0 Å². The molecule has 0 aliphatic heterocycles. The Hall–Kier alpha value is -0.420. The SMILES string of the molecule is CCNC(Cc1csc(C)n1)Cc1ccc(Br)cc1Cl. The van der Waals surface area contributed by atoms with Crippen molar-refractivity contribution < 1.29 is 0 Å². The van der Waals surface area contributed by atoms with Gasteiger partial charge in [0.05, 0.1) is 10.7 Å². The van der Waals surface area contributed by atoms with Crippen LogP contribution in [0.15, 0.2) is 28.1 Å². The van der Waals surface area contributed by atoms with Crippen molar-refractivity contribution in [3.8, 4) is 0 Å². The quantitative estimate of drug-likeness (QED) is 0.798. The first kappa shape index (κ1) is 16.0. The van der Waals surface area contributed by atoms with Crippen molar-refractivity contribution in [2.75, 3.05) is 6.54 Å². The second kappa shape index (κ2) is 7.55. The summed E-state index contributed by atoms with van der Waals surface area (Å²) in [7, 11) is 0. The standard InChI is InChI=1S/C15H18BrClN2S/c1-3-18-13(8-14-9-20-10(2)19-14)6-11-4-5-12(16)7-15(11)17/h4-5,7,9,13,18H,3,6,8H2,1-2H3. The molecule has 2 aromatic rings. The van der Waals surface area contributed by atoms with E-state index in [-0.39, 0.29) is 0 Å². The summed E-state index contributed by atoms with van der Waals surface area (Å²) >= 11 is 11.5. The van der Waals surface area contributed by atoms with Crippen molar-refractivity contribution >= 4 is 38.9 Å². The van der Waals surface area contributed by atoms with Gasteiger partial charge in [0.25, 0.3) is 0 Å². The third kappa shape index (κ3) is 4.55. The van der Waals surface area contributed by atoms with Gasteiger partial charge < -0.3 is 5.32 Å². The molecule has 0 bridgehead atoms. The van der Waals surface area contributed by atoms with Crippen LogP contribution >= 0.6 is 38.9 Å². The van der Waals surface area contributed by atoms with Crippen molar-refractivity contribution in [3.05, 3.63) is 49.3 Å². The lowest BCUT2D eigenvalue weighted by Crippen LogP contribution is -2.33. The van der Waals surface area contributed by atoms with Gasteiger partial charge in [0, 0.05) is 27.3 Å². The fourth-order valence-corrected chi connectivity index (χ4v) is 3.59. The van der Waals surface area contributed by atoms with Gasteiger partial charge in [-0.3, -0.25) is 0 Å². The molecule has 0 radical (unpaired) electrons. The highest BCUT2D eigenvalue weighted by Gasteiger charge is 2.13. The number of nitrogens with one attached hydrogen (secondary N) is 1. The summed E-state index contributed by atoms with van der Waals surface area (Å²) in [6, 6.07) is 6.44. The molecule has 1 aromatic carbocycles. The molecule has 0 spiro atoms. The van der Waals surface area contributed by atoms with E-state index in [0.717, 1.165) is 39.6 Å². The van der Waals surface area contributed by atoms with Crippen LogP contribution in [-0.2, 0) is 12.8 Å². The van der Waals surface area contributed by atoms with E-state index < -0.39 is 0 Å². The molecule has 1 atom stereocenters. The maximum Gasteiger partial charge on any atom is 0.0897 e. The first-order valence-corrected chi connectivity index (χ1v) is 8.72. The van der Waals surface area contributed by atoms with Gasteiger partial charge in [-0.25, -0.2) is 4.98 Å². The van der Waals surface area contributed by atoms with Crippen LogP contribution in [0.4, 0.5) is 0 Å². The average molecular weight is 374 g/mol. The minimum Gasteiger partial charge on any atom is -0.314 e. The van der Waals surface area contributed by atoms with Crippen LogP contribution in [0, 0.1) is 6.92 Å². The number of rotatable bonds is 6. The van der Waals surface area contributed by atoms with Crippen LogP contribution in [0.2, 0.25) is 5.02 Å². The molecule has 1 N–H and O–H groups in total. The number of hydrogen-bond donors (Lipinski definition) is 1. The largest absolute Gasteiger partial charge is 0.314 e. The molecular weight excluding hydrogens is 356 g/mol. The van der Waals surface area contributed by atoms with Gasteiger partial charge in [-0.1, -0.05) is 40.5 Å². The minimum absolute atomic E-state index is 0.361. The maximum atomic E-state index is 6.31. The summed E-state index contributed by atoms with van der Waals surface area (Å²) in [4.78, 5) is 4.55. The molecule has 0 aliphatic rings. The van der Waals surface area contributed by atoms with Crippen LogP contribution < -0.4 is 5.32 Å². The van der Waals surface area contributed by atoms with Crippen LogP contribution in [0.5, 0.6) is 0 Å². The molecule has 1 unspecified atom stereocenters. The highest BCUT2D eigenvalue weighted by Crippen LogP contribution is 2.23. The highest BCUT2D eigenvalue weighted by atomic mass is 79.9. The molecule has 0 aliphatic carbocycles. The summed E-state index contributed by atoms with van der Waals surface area (Å²) in [5.74, 6) is 0. The number of aromatic nitrogens is 1. The average Bonchev–Trinajstić information content (AvgIpc) is 2.78. The predicted molar refractivity (Wildman–Crippen MR) is 90.9 cm³/mol. The Labute approximate surface area is 137 Å². The predicted octanol–water partition coefficient (Wildman–Crippen LogP) is 4.63. The van der Waals surface area contributed by atoms with Crippen LogP contribution in [0.25, 0.3) is 0 Å². The third-order valence-corrected chi connectivity index (χ3v) is 4.76. The Bertz CT molecular complexity index is 571. The fraction of sp³-hybridized carbons (Fsp3) is 0.400. The monoisotopic (exact) mass is 372 g/mol. The van der Waals surface area contributed by atoms with E-state index in [0.29, 0.717) is 6.04 Å². The van der Waals surface area contributed by atoms with Crippen molar-refractivity contribution in [3.63, 3.8) is 0 Å². The van der Waals surface area contributed by atoms with Gasteiger partial charge >= 0.3 is 0 Å². The molecule has 0 amide bonds. The van der Waals surface area contributed by atoms with E-state index in [1.165, 1.54) is 5.56 Å². The Morgan fingerprint density at radius 1 is 1.40 bits per heavy atom. The number of likely N-dealkylation sites (N-methyl/N-ethyl adjacent to an activating group) is 1. The van der Waals surface area contributed by atoms with Gasteiger partial charge in [0.1, 0.15) is 0 Å². The van der Waals surface area contributed by atoms with E-state index in [1.807, 2.05) is 19.1 Å². The number of thiazole rings is 1. The molecule has 2 rings (SSSR count). The maximum absolute atomic E-state index is 6.31. The molecule has 1 heterocycles. The Morgan fingerprint density at radius 2 is 2.20 bits per heavy atom. The first-order chi connectivity index (χ1) is 9.58. The lowest BCUT2D eigenvalue weighted by atomic mass is 10.0. The smallest absolute Gasteiger partial charge is 0.0897 e. The van der Waals surface area contributed by atoms with E-state index >= 15 is 0 Å². The summed E-state index contributed by atoms with van der Waals surface area (Å²) in [6.45, 7) is 5.12. The molecular formula is C15H18BrClN2S. The minimum atomic E-state index is 0.361. The summed E-state index contributed by atoms with van der Waals surface area (Å²) in [5, 5.41) is 7.61. The molecule has 1 aromatic heterocycles. The molecule has 0 fully saturated rings. The van der Waals surface area contributed by atoms with E-state index in [9.17, 15) is 0 Å². The summed E-state index contributed by atoms with van der Waals surface area (Å²) in [6.07, 6.45) is 1.85. The van der Waals surface area contributed by atoms with E-state index in [2.05, 4.69) is 44.6 Å². The van der Waals surface area contributed by atoms with Crippen molar-refractivity contribution in [2.24, 2.45) is 0 Å². The first-order valence-electron chi connectivity index (χ1n) is 6.66. The normalized spacial score (nSPS) is 12.6. The number of nitrogens with zero attached hydrogens (tertiary/aromatic N) is 1. The molecule has 2 nitrogen and oxygen atoms in total. The van der Waals surface area contributed by atoms with Gasteiger partial charge in [-0.2, -0.15) is 0 Å². The number of benzene rings is 1. The Morgan fingerprint density at radius 3 is 2.80 bits per heavy atom. The zero-order valence-electron chi connectivity index (χ0n) is 11.6. The third-order valence-electron chi connectivity index (χ3n) is 3.10. The second-order valence-corrected chi connectivity index (χ2v) is 7.14. The molecule has 20 heavy (non-hydrogen) atoms. The Balaban J connectivity index is 2.08. The molecule has 5 heteroatoms. The van der Waals surface area contributed by atoms with Crippen molar-refractivity contribution in [1.82, 2.24) is 10.3 Å². The number of aryl methyl sites for hydroxylation is 1. The van der Waals surface area contributed by atoms with Crippen LogP contribution in [-0.4, -0.2) is 17.6 Å². The molecule has 108 valence electrons. The van der Waals surface area contributed by atoms with Crippen molar-refractivity contribution in [1.29, 1.82) is 0 Å². The number of hydrogen-bond acceptors (Lipinski definition) is 3. The number of halogens is 2. The molecule has 0 saturated carbocycles. The van der Waals surface area contributed by atoms with Gasteiger partial charge in [-0.05, 0) is 37.6 Å². The van der Waals surface area contributed by atoms with Gasteiger partial charge in [0.15, 0.2) is 0 Å². The second-order valence-electron chi connectivity index (χ2n) is 4.76. The van der Waals surface area contributed by atoms with Gasteiger partial charge in [-0.15, -0.1) is 11.3 Å². The lowest BCUT2D eigenvalue weighted by Gasteiger charge is -2.18. The zero-order valence-corrected chi connectivity index (χ0v) is 14.8. The molecule has 0 saturated heterocycles. The van der Waals surface area contributed by atoms with E-state index in [1.54, 1.807) is 11.3 Å². The fourth-order valence-electron chi connectivity index (χ4n) is 2.21. The zero-order chi connectivity index (χ0) is 14.5. The van der Waals surface area contributed by atoms with Crippen molar-refractivity contribution in [2.45, 2.75) is 32.7 Å².